The van der Waals surface area contributed by atoms with Crippen molar-refractivity contribution in [3.8, 4) is 67.5 Å². The number of benzene rings is 8. The van der Waals surface area contributed by atoms with E-state index in [9.17, 15) is 0 Å². The van der Waals surface area contributed by atoms with Crippen LogP contribution in [0.2, 0.25) is 0 Å². The smallest absolute Gasteiger partial charge is 0.164 e. The molecular weight excluding hydrogens is 647 g/mol. The Morgan fingerprint density at radius 1 is 0.302 bits per heavy atom. The fourth-order valence-electron chi connectivity index (χ4n) is 7.31. The lowest BCUT2D eigenvalue weighted by atomic mass is 9.89. The summed E-state index contributed by atoms with van der Waals surface area (Å²) in [6.07, 6.45) is 0. The van der Waals surface area contributed by atoms with E-state index in [4.69, 9.17) is 19.4 Å². The summed E-state index contributed by atoms with van der Waals surface area (Å²) in [5, 5.41) is 4.55. The van der Waals surface area contributed by atoms with Gasteiger partial charge in [0.15, 0.2) is 17.5 Å². The summed E-state index contributed by atoms with van der Waals surface area (Å²) in [6.45, 7) is 0. The lowest BCUT2D eigenvalue weighted by Crippen LogP contribution is -2.02. The highest BCUT2D eigenvalue weighted by atomic mass is 16.3. The quantitative estimate of drug-likeness (QED) is 0.176. The zero-order valence-corrected chi connectivity index (χ0v) is 28.6. The predicted octanol–water partition coefficient (Wildman–Crippen LogP) is 12.9. The molecule has 4 heteroatoms. The first kappa shape index (κ1) is 30.6. The average molecular weight is 678 g/mol. The van der Waals surface area contributed by atoms with E-state index < -0.39 is 0 Å². The molecule has 0 radical (unpaired) electrons. The number of nitrogens with zero attached hydrogens (tertiary/aromatic N) is 3. The van der Waals surface area contributed by atoms with E-state index in [0.717, 1.165) is 72.0 Å². The third-order valence-electron chi connectivity index (χ3n) is 9.95. The van der Waals surface area contributed by atoms with Crippen LogP contribution in [-0.2, 0) is 0 Å². The SMILES string of the molecule is c1ccc(-c2ccc(-c3nc(-c4ccc5c(c4)oc4ccccc45)nc(-c4cccc(-c5ccc6ccccc6c5)c4-c4ccccc4)n3)cc2)cc1. The molecule has 0 aliphatic rings. The second-order valence-corrected chi connectivity index (χ2v) is 13.2. The zero-order chi connectivity index (χ0) is 35.1. The van der Waals surface area contributed by atoms with Crippen molar-refractivity contribution in [2.75, 3.05) is 0 Å². The Kier molecular flexibility index (Phi) is 7.43. The van der Waals surface area contributed by atoms with E-state index in [1.807, 2.05) is 36.4 Å². The molecular formula is C49H31N3O. The second-order valence-electron chi connectivity index (χ2n) is 13.2. The molecule has 2 heterocycles. The topological polar surface area (TPSA) is 51.8 Å². The maximum absolute atomic E-state index is 6.30. The minimum absolute atomic E-state index is 0.578. The van der Waals surface area contributed by atoms with Crippen molar-refractivity contribution in [1.29, 1.82) is 0 Å². The summed E-state index contributed by atoms with van der Waals surface area (Å²) in [5.41, 5.74) is 11.0. The first-order valence-electron chi connectivity index (χ1n) is 17.8. The van der Waals surface area contributed by atoms with Gasteiger partial charge in [-0.1, -0.05) is 164 Å². The van der Waals surface area contributed by atoms with E-state index in [-0.39, 0.29) is 0 Å². The number of hydrogen-bond acceptors (Lipinski definition) is 4. The molecule has 0 saturated carbocycles. The molecule has 0 saturated heterocycles. The van der Waals surface area contributed by atoms with Crippen molar-refractivity contribution < 1.29 is 4.42 Å². The molecule has 0 atom stereocenters. The lowest BCUT2D eigenvalue weighted by Gasteiger charge is -2.17. The van der Waals surface area contributed by atoms with Gasteiger partial charge in [-0.3, -0.25) is 0 Å². The van der Waals surface area contributed by atoms with Gasteiger partial charge in [-0.25, -0.2) is 15.0 Å². The highest BCUT2D eigenvalue weighted by molar-refractivity contribution is 6.05. The van der Waals surface area contributed by atoms with Crippen molar-refractivity contribution in [3.05, 3.63) is 188 Å². The van der Waals surface area contributed by atoms with Crippen molar-refractivity contribution in [2.24, 2.45) is 0 Å². The van der Waals surface area contributed by atoms with E-state index >= 15 is 0 Å². The Morgan fingerprint density at radius 3 is 1.68 bits per heavy atom. The van der Waals surface area contributed by atoms with Gasteiger partial charge in [-0.2, -0.15) is 0 Å². The number of para-hydroxylation sites is 1. The van der Waals surface area contributed by atoms with Crippen LogP contribution >= 0.6 is 0 Å². The van der Waals surface area contributed by atoms with E-state index in [0.29, 0.717) is 17.5 Å². The summed E-state index contributed by atoms with van der Waals surface area (Å²) in [6, 6.07) is 65.3. The summed E-state index contributed by atoms with van der Waals surface area (Å²) in [7, 11) is 0. The minimum atomic E-state index is 0.578. The van der Waals surface area contributed by atoms with Crippen LogP contribution in [0.4, 0.5) is 0 Å². The molecule has 0 unspecified atom stereocenters. The summed E-state index contributed by atoms with van der Waals surface area (Å²) in [4.78, 5) is 15.6. The largest absolute Gasteiger partial charge is 0.456 e. The number of aromatic nitrogens is 3. The third-order valence-corrected chi connectivity index (χ3v) is 9.95. The van der Waals surface area contributed by atoms with Gasteiger partial charge in [-0.05, 0) is 62.9 Å². The molecule has 0 bridgehead atoms. The van der Waals surface area contributed by atoms with Crippen molar-refractivity contribution >= 4 is 32.7 Å². The van der Waals surface area contributed by atoms with Crippen LogP contribution in [0.3, 0.4) is 0 Å². The zero-order valence-electron chi connectivity index (χ0n) is 28.6. The molecule has 8 aromatic carbocycles. The highest BCUT2D eigenvalue weighted by Gasteiger charge is 2.20. The molecule has 0 fully saturated rings. The summed E-state index contributed by atoms with van der Waals surface area (Å²) >= 11 is 0. The van der Waals surface area contributed by atoms with Crippen LogP contribution in [0, 0.1) is 0 Å². The van der Waals surface area contributed by atoms with Crippen molar-refractivity contribution in [2.45, 2.75) is 0 Å². The Hall–Kier alpha value is -7.17. The van der Waals surface area contributed by atoms with Gasteiger partial charge in [0.25, 0.3) is 0 Å². The minimum Gasteiger partial charge on any atom is -0.456 e. The molecule has 0 N–H and O–H groups in total. The fraction of sp³-hybridized carbons (Fsp3) is 0. The van der Waals surface area contributed by atoms with Gasteiger partial charge in [0.2, 0.25) is 0 Å². The molecule has 248 valence electrons. The van der Waals surface area contributed by atoms with Gasteiger partial charge in [0, 0.05) is 33.0 Å². The van der Waals surface area contributed by atoms with Gasteiger partial charge in [0.1, 0.15) is 11.2 Å². The van der Waals surface area contributed by atoms with Crippen LogP contribution in [0.1, 0.15) is 0 Å². The van der Waals surface area contributed by atoms with Crippen LogP contribution < -0.4 is 0 Å². The molecule has 0 spiro atoms. The van der Waals surface area contributed by atoms with Crippen molar-refractivity contribution in [1.82, 2.24) is 15.0 Å². The maximum Gasteiger partial charge on any atom is 0.164 e. The van der Waals surface area contributed by atoms with Crippen molar-refractivity contribution in [3.63, 3.8) is 0 Å². The van der Waals surface area contributed by atoms with Gasteiger partial charge in [0.05, 0.1) is 0 Å². The number of hydrogen-bond donors (Lipinski definition) is 0. The lowest BCUT2D eigenvalue weighted by molar-refractivity contribution is 0.669. The number of furan rings is 1. The Labute approximate surface area is 306 Å². The number of rotatable bonds is 6. The average Bonchev–Trinajstić information content (AvgIpc) is 3.62. The fourth-order valence-corrected chi connectivity index (χ4v) is 7.31. The molecule has 10 rings (SSSR count). The first-order valence-corrected chi connectivity index (χ1v) is 17.8. The molecule has 0 aliphatic carbocycles. The highest BCUT2D eigenvalue weighted by Crippen LogP contribution is 2.41. The van der Waals surface area contributed by atoms with Crippen LogP contribution in [0.5, 0.6) is 0 Å². The number of fused-ring (bicyclic) bond motifs is 4. The van der Waals surface area contributed by atoms with E-state index in [2.05, 4.69) is 152 Å². The molecule has 0 amide bonds. The Balaban J connectivity index is 1.19. The Bertz CT molecular complexity index is 2930. The van der Waals surface area contributed by atoms with Crippen LogP contribution in [-0.4, -0.2) is 15.0 Å². The Morgan fingerprint density at radius 2 is 0.868 bits per heavy atom. The van der Waals surface area contributed by atoms with E-state index in [1.165, 1.54) is 10.8 Å². The molecule has 53 heavy (non-hydrogen) atoms. The third kappa shape index (κ3) is 5.63. The molecule has 10 aromatic rings. The van der Waals surface area contributed by atoms with Gasteiger partial charge in [-0.15, -0.1) is 0 Å². The predicted molar refractivity (Wildman–Crippen MR) is 217 cm³/mol. The van der Waals surface area contributed by atoms with Gasteiger partial charge >= 0.3 is 0 Å². The first-order chi connectivity index (χ1) is 26.2. The van der Waals surface area contributed by atoms with Crippen LogP contribution in [0.15, 0.2) is 192 Å². The normalized spacial score (nSPS) is 11.4. The monoisotopic (exact) mass is 677 g/mol. The summed E-state index contributed by atoms with van der Waals surface area (Å²) in [5.74, 6) is 1.78. The molecule has 2 aromatic heterocycles. The standard InChI is InChI=1S/C49H31N3O/c1-3-12-32(13-4-1)34-22-25-36(26-23-34)47-50-48(39-28-29-42-41-18-9-10-21-44(41)53-45(42)31-39)52-49(51-47)43-20-11-19-40(46(43)35-15-5-2-6-16-35)38-27-24-33-14-7-8-17-37(33)30-38/h1-31H. The molecule has 4 nitrogen and oxygen atoms in total. The van der Waals surface area contributed by atoms with E-state index in [1.54, 1.807) is 0 Å². The van der Waals surface area contributed by atoms with Gasteiger partial charge < -0.3 is 4.42 Å². The second kappa shape index (κ2) is 12.9. The maximum atomic E-state index is 6.30. The van der Waals surface area contributed by atoms with Crippen LogP contribution in [0.25, 0.3) is 100 Å². The molecule has 0 aliphatic heterocycles. The summed E-state index contributed by atoms with van der Waals surface area (Å²) < 4.78 is 6.30.